The standard InChI is InChI=1S/C21H32N2O4/c1-20(2,3)22-18(24)17-12-16(26-14-15-10-8-7-9-11-15)13-23(17)19(25)27-21(4,5)6/h7-11,16-17H,12-14H2,1-6H3,(H,22,24)/t16-,17-/m0/s1. The van der Waals surface area contributed by atoms with Crippen LogP contribution in [0.3, 0.4) is 0 Å². The Bertz CT molecular complexity index is 610. The van der Waals surface area contributed by atoms with Crippen LogP contribution in [0.25, 0.3) is 0 Å². The molecule has 0 aliphatic carbocycles. The van der Waals surface area contributed by atoms with Gasteiger partial charge in [0, 0.05) is 12.0 Å². The van der Waals surface area contributed by atoms with Crippen LogP contribution in [0.4, 0.5) is 4.79 Å². The van der Waals surface area contributed by atoms with Gasteiger partial charge in [0.1, 0.15) is 11.6 Å². The molecule has 6 heteroatoms. The van der Waals surface area contributed by atoms with Gasteiger partial charge in [-0.05, 0) is 47.1 Å². The number of rotatable bonds is 4. The first kappa shape index (κ1) is 21.2. The molecular weight excluding hydrogens is 344 g/mol. The maximum absolute atomic E-state index is 12.7. The summed E-state index contributed by atoms with van der Waals surface area (Å²) >= 11 is 0. The molecule has 27 heavy (non-hydrogen) atoms. The summed E-state index contributed by atoms with van der Waals surface area (Å²) in [7, 11) is 0. The van der Waals surface area contributed by atoms with Gasteiger partial charge in [-0.3, -0.25) is 9.69 Å². The molecule has 1 aromatic rings. The minimum atomic E-state index is -0.620. The van der Waals surface area contributed by atoms with Crippen molar-refractivity contribution >= 4 is 12.0 Å². The third-order valence-corrected chi connectivity index (χ3v) is 4.02. The number of carbonyl (C=O) groups excluding carboxylic acids is 2. The van der Waals surface area contributed by atoms with Gasteiger partial charge in [-0.2, -0.15) is 0 Å². The second-order valence-electron chi connectivity index (χ2n) is 9.04. The first-order valence-corrected chi connectivity index (χ1v) is 9.42. The third kappa shape index (κ3) is 6.86. The van der Waals surface area contributed by atoms with E-state index in [1.807, 2.05) is 71.9 Å². The highest BCUT2D eigenvalue weighted by molar-refractivity contribution is 5.87. The van der Waals surface area contributed by atoms with E-state index in [1.165, 1.54) is 4.90 Å². The van der Waals surface area contributed by atoms with Crippen LogP contribution >= 0.6 is 0 Å². The number of carbonyl (C=O) groups is 2. The second-order valence-corrected chi connectivity index (χ2v) is 9.04. The molecule has 0 bridgehead atoms. The summed E-state index contributed by atoms with van der Waals surface area (Å²) in [6.07, 6.45) is -0.246. The van der Waals surface area contributed by atoms with E-state index in [0.717, 1.165) is 5.56 Å². The summed E-state index contributed by atoms with van der Waals surface area (Å²) in [5.41, 5.74) is 0.0639. The molecule has 6 nitrogen and oxygen atoms in total. The molecule has 150 valence electrons. The minimum Gasteiger partial charge on any atom is -0.444 e. The van der Waals surface area contributed by atoms with Crippen LogP contribution in [0.15, 0.2) is 30.3 Å². The smallest absolute Gasteiger partial charge is 0.411 e. The monoisotopic (exact) mass is 376 g/mol. The van der Waals surface area contributed by atoms with E-state index < -0.39 is 17.7 Å². The van der Waals surface area contributed by atoms with Gasteiger partial charge < -0.3 is 14.8 Å². The number of hydrogen-bond acceptors (Lipinski definition) is 4. The SMILES string of the molecule is CC(C)(C)NC(=O)[C@@H]1C[C@H](OCc2ccccc2)CN1C(=O)OC(C)(C)C. The Morgan fingerprint density at radius 2 is 1.74 bits per heavy atom. The topological polar surface area (TPSA) is 67.9 Å². The highest BCUT2D eigenvalue weighted by Crippen LogP contribution is 2.25. The molecular formula is C21H32N2O4. The molecule has 0 saturated carbocycles. The van der Waals surface area contributed by atoms with Crippen molar-refractivity contribution in [3.8, 4) is 0 Å². The Kier molecular flexibility index (Phi) is 6.52. The third-order valence-electron chi connectivity index (χ3n) is 4.02. The number of benzene rings is 1. The van der Waals surface area contributed by atoms with Crippen molar-refractivity contribution in [2.45, 2.75) is 77.9 Å². The van der Waals surface area contributed by atoms with Crippen molar-refractivity contribution in [1.29, 1.82) is 0 Å². The van der Waals surface area contributed by atoms with Crippen molar-refractivity contribution in [3.63, 3.8) is 0 Å². The van der Waals surface area contributed by atoms with Crippen LogP contribution in [-0.4, -0.2) is 46.7 Å². The molecule has 1 fully saturated rings. The predicted octanol–water partition coefficient (Wildman–Crippen LogP) is 3.50. The van der Waals surface area contributed by atoms with E-state index in [9.17, 15) is 9.59 Å². The molecule has 1 heterocycles. The minimum absolute atomic E-state index is 0.181. The van der Waals surface area contributed by atoms with Crippen LogP contribution in [0, 0.1) is 0 Å². The van der Waals surface area contributed by atoms with Crippen molar-refractivity contribution in [1.82, 2.24) is 10.2 Å². The van der Waals surface area contributed by atoms with E-state index in [1.54, 1.807) is 0 Å². The average Bonchev–Trinajstić information content (AvgIpc) is 2.95. The molecule has 2 rings (SSSR count). The molecule has 1 N–H and O–H groups in total. The van der Waals surface area contributed by atoms with Crippen molar-refractivity contribution < 1.29 is 19.1 Å². The normalized spacial score (nSPS) is 20.4. The summed E-state index contributed by atoms with van der Waals surface area (Å²) in [6.45, 7) is 12.0. The van der Waals surface area contributed by atoms with Crippen molar-refractivity contribution in [2.24, 2.45) is 0 Å². The Morgan fingerprint density at radius 3 is 2.30 bits per heavy atom. The number of amides is 2. The number of hydrogen-bond donors (Lipinski definition) is 1. The Morgan fingerprint density at radius 1 is 1.11 bits per heavy atom. The van der Waals surface area contributed by atoms with Crippen LogP contribution in [0.5, 0.6) is 0 Å². The lowest BCUT2D eigenvalue weighted by Gasteiger charge is -2.30. The first-order valence-electron chi connectivity index (χ1n) is 9.42. The molecule has 2 atom stereocenters. The molecule has 0 unspecified atom stereocenters. The van der Waals surface area contributed by atoms with Gasteiger partial charge in [-0.25, -0.2) is 4.79 Å². The molecule has 0 spiro atoms. The maximum Gasteiger partial charge on any atom is 0.411 e. The Labute approximate surface area is 162 Å². The van der Waals surface area contributed by atoms with Crippen LogP contribution in [0.2, 0.25) is 0 Å². The van der Waals surface area contributed by atoms with Gasteiger partial charge in [-0.15, -0.1) is 0 Å². The number of ether oxygens (including phenoxy) is 2. The predicted molar refractivity (Wildman–Crippen MR) is 104 cm³/mol. The molecule has 1 saturated heterocycles. The average molecular weight is 376 g/mol. The van der Waals surface area contributed by atoms with Gasteiger partial charge in [0.05, 0.1) is 19.3 Å². The van der Waals surface area contributed by atoms with Crippen LogP contribution < -0.4 is 5.32 Å². The molecule has 1 aliphatic heterocycles. The van der Waals surface area contributed by atoms with Gasteiger partial charge in [-0.1, -0.05) is 30.3 Å². The number of nitrogens with one attached hydrogen (secondary N) is 1. The maximum atomic E-state index is 12.7. The lowest BCUT2D eigenvalue weighted by molar-refractivity contribution is -0.127. The van der Waals surface area contributed by atoms with E-state index in [2.05, 4.69) is 5.32 Å². The molecule has 2 amide bonds. The fraction of sp³-hybridized carbons (Fsp3) is 0.619. The van der Waals surface area contributed by atoms with Gasteiger partial charge in [0.15, 0.2) is 0 Å². The van der Waals surface area contributed by atoms with Crippen molar-refractivity contribution in [2.75, 3.05) is 6.54 Å². The lowest BCUT2D eigenvalue weighted by Crippen LogP contribution is -2.52. The first-order chi connectivity index (χ1) is 12.4. The fourth-order valence-electron chi connectivity index (χ4n) is 2.93. The van der Waals surface area contributed by atoms with E-state index in [0.29, 0.717) is 19.6 Å². The zero-order chi connectivity index (χ0) is 20.2. The molecule has 0 radical (unpaired) electrons. The number of nitrogens with zero attached hydrogens (tertiary/aromatic N) is 1. The Hall–Kier alpha value is -2.08. The van der Waals surface area contributed by atoms with E-state index >= 15 is 0 Å². The van der Waals surface area contributed by atoms with E-state index in [-0.39, 0.29) is 17.6 Å². The summed E-state index contributed by atoms with van der Waals surface area (Å²) in [5, 5.41) is 2.96. The highest BCUT2D eigenvalue weighted by atomic mass is 16.6. The highest BCUT2D eigenvalue weighted by Gasteiger charge is 2.42. The second kappa shape index (κ2) is 8.30. The Balaban J connectivity index is 2.07. The summed E-state index contributed by atoms with van der Waals surface area (Å²) in [4.78, 5) is 26.9. The van der Waals surface area contributed by atoms with Gasteiger partial charge in [0.2, 0.25) is 5.91 Å². The summed E-state index contributed by atoms with van der Waals surface area (Å²) < 4.78 is 11.5. The quantitative estimate of drug-likeness (QED) is 0.873. The molecule has 1 aromatic carbocycles. The fourth-order valence-corrected chi connectivity index (χ4v) is 2.93. The molecule has 0 aromatic heterocycles. The van der Waals surface area contributed by atoms with E-state index in [4.69, 9.17) is 9.47 Å². The van der Waals surface area contributed by atoms with Crippen LogP contribution in [-0.2, 0) is 20.9 Å². The summed E-state index contributed by atoms with van der Waals surface area (Å²) in [6, 6.07) is 9.25. The molecule has 1 aliphatic rings. The van der Waals surface area contributed by atoms with Gasteiger partial charge in [0.25, 0.3) is 0 Å². The van der Waals surface area contributed by atoms with Gasteiger partial charge >= 0.3 is 6.09 Å². The number of likely N-dealkylation sites (tertiary alicyclic amines) is 1. The zero-order valence-electron chi connectivity index (χ0n) is 17.2. The van der Waals surface area contributed by atoms with Crippen LogP contribution in [0.1, 0.15) is 53.5 Å². The summed E-state index contributed by atoms with van der Waals surface area (Å²) in [5.74, 6) is -0.181. The largest absolute Gasteiger partial charge is 0.444 e. The lowest BCUT2D eigenvalue weighted by atomic mass is 10.1. The zero-order valence-corrected chi connectivity index (χ0v) is 17.2. The van der Waals surface area contributed by atoms with Crippen molar-refractivity contribution in [3.05, 3.63) is 35.9 Å².